The van der Waals surface area contributed by atoms with Crippen LogP contribution in [0, 0.1) is 5.92 Å². The Bertz CT molecular complexity index is 249. The first-order valence-corrected chi connectivity index (χ1v) is 7.08. The van der Waals surface area contributed by atoms with Crippen LogP contribution in [0.15, 0.2) is 0 Å². The van der Waals surface area contributed by atoms with E-state index in [-0.39, 0.29) is 12.6 Å². The van der Waals surface area contributed by atoms with Gasteiger partial charge in [0.2, 0.25) is 0 Å². The SMILES string of the molecule is CCCCC1CC(NCC(F)(F)F)CN(CCO)C1. The summed E-state index contributed by atoms with van der Waals surface area (Å²) >= 11 is 0. The van der Waals surface area contributed by atoms with Gasteiger partial charge in [0.05, 0.1) is 13.2 Å². The number of hydrogen-bond donors (Lipinski definition) is 2. The summed E-state index contributed by atoms with van der Waals surface area (Å²) in [7, 11) is 0. The molecule has 0 aromatic rings. The van der Waals surface area contributed by atoms with Crippen molar-refractivity contribution in [3.8, 4) is 0 Å². The molecule has 3 nitrogen and oxygen atoms in total. The predicted octanol–water partition coefficient (Wildman–Crippen LogP) is 2.01. The van der Waals surface area contributed by atoms with Crippen molar-refractivity contribution in [1.82, 2.24) is 10.2 Å². The van der Waals surface area contributed by atoms with Crippen LogP contribution in [0.2, 0.25) is 0 Å². The van der Waals surface area contributed by atoms with Crippen molar-refractivity contribution < 1.29 is 18.3 Å². The molecule has 2 N–H and O–H groups in total. The second-order valence-electron chi connectivity index (χ2n) is 5.42. The summed E-state index contributed by atoms with van der Waals surface area (Å²) < 4.78 is 36.7. The highest BCUT2D eigenvalue weighted by atomic mass is 19.4. The zero-order chi connectivity index (χ0) is 14.3. The third-order valence-corrected chi connectivity index (χ3v) is 3.59. The maximum atomic E-state index is 12.2. The zero-order valence-electron chi connectivity index (χ0n) is 11.5. The van der Waals surface area contributed by atoms with Crippen molar-refractivity contribution in [3.63, 3.8) is 0 Å². The van der Waals surface area contributed by atoms with Gasteiger partial charge in [-0.3, -0.25) is 4.90 Å². The van der Waals surface area contributed by atoms with Gasteiger partial charge in [-0.2, -0.15) is 13.2 Å². The number of hydrogen-bond acceptors (Lipinski definition) is 3. The number of aliphatic hydroxyl groups excluding tert-OH is 1. The molecule has 1 aliphatic heterocycles. The van der Waals surface area contributed by atoms with Crippen molar-refractivity contribution in [2.75, 3.05) is 32.8 Å². The monoisotopic (exact) mass is 282 g/mol. The van der Waals surface area contributed by atoms with Crippen LogP contribution in [0.5, 0.6) is 0 Å². The molecule has 1 fully saturated rings. The number of aliphatic hydroxyl groups is 1. The molecule has 0 amide bonds. The summed E-state index contributed by atoms with van der Waals surface area (Å²) in [5.41, 5.74) is 0. The Labute approximate surface area is 113 Å². The first-order valence-electron chi connectivity index (χ1n) is 7.08. The van der Waals surface area contributed by atoms with E-state index in [0.717, 1.165) is 32.2 Å². The normalized spacial score (nSPS) is 25.7. The van der Waals surface area contributed by atoms with Gasteiger partial charge in [0.15, 0.2) is 0 Å². The minimum absolute atomic E-state index is 0.0620. The van der Waals surface area contributed by atoms with E-state index in [2.05, 4.69) is 17.1 Å². The molecule has 0 aliphatic carbocycles. The van der Waals surface area contributed by atoms with Gasteiger partial charge >= 0.3 is 6.18 Å². The molecule has 2 unspecified atom stereocenters. The largest absolute Gasteiger partial charge is 0.401 e. The molecule has 19 heavy (non-hydrogen) atoms. The van der Waals surface area contributed by atoms with Crippen LogP contribution in [-0.2, 0) is 0 Å². The fourth-order valence-electron chi connectivity index (χ4n) is 2.74. The summed E-state index contributed by atoms with van der Waals surface area (Å²) in [6.45, 7) is 3.29. The van der Waals surface area contributed by atoms with Crippen molar-refractivity contribution in [2.45, 2.75) is 44.8 Å². The lowest BCUT2D eigenvalue weighted by Crippen LogP contribution is -2.51. The van der Waals surface area contributed by atoms with Crippen LogP contribution < -0.4 is 5.32 Å². The van der Waals surface area contributed by atoms with E-state index in [4.69, 9.17) is 5.11 Å². The smallest absolute Gasteiger partial charge is 0.395 e. The first kappa shape index (κ1) is 16.7. The van der Waals surface area contributed by atoms with Crippen LogP contribution in [0.25, 0.3) is 0 Å². The number of likely N-dealkylation sites (tertiary alicyclic amines) is 1. The van der Waals surface area contributed by atoms with Crippen molar-refractivity contribution >= 4 is 0 Å². The Balaban J connectivity index is 2.44. The van der Waals surface area contributed by atoms with Crippen LogP contribution in [0.1, 0.15) is 32.6 Å². The Morgan fingerprint density at radius 1 is 1.32 bits per heavy atom. The Hall–Kier alpha value is -0.330. The maximum absolute atomic E-state index is 12.2. The fourth-order valence-corrected chi connectivity index (χ4v) is 2.74. The van der Waals surface area contributed by atoms with E-state index >= 15 is 0 Å². The summed E-state index contributed by atoms with van der Waals surface area (Å²) in [6, 6.07) is -0.121. The van der Waals surface area contributed by atoms with Gasteiger partial charge in [0, 0.05) is 25.7 Å². The molecule has 6 heteroatoms. The zero-order valence-corrected chi connectivity index (χ0v) is 11.5. The maximum Gasteiger partial charge on any atom is 0.401 e. The molecule has 0 aromatic heterocycles. The summed E-state index contributed by atoms with van der Waals surface area (Å²) in [4.78, 5) is 2.07. The van der Waals surface area contributed by atoms with E-state index in [9.17, 15) is 13.2 Å². The van der Waals surface area contributed by atoms with Gasteiger partial charge < -0.3 is 10.4 Å². The standard InChI is InChI=1S/C13H25F3N2O/c1-2-3-4-11-7-12(17-10-13(14,15)16)9-18(8-11)5-6-19/h11-12,17,19H,2-10H2,1H3. The Morgan fingerprint density at radius 2 is 2.05 bits per heavy atom. The Morgan fingerprint density at radius 3 is 2.63 bits per heavy atom. The average molecular weight is 282 g/mol. The van der Waals surface area contributed by atoms with E-state index in [1.165, 1.54) is 0 Å². The second-order valence-corrected chi connectivity index (χ2v) is 5.42. The van der Waals surface area contributed by atoms with E-state index in [1.54, 1.807) is 0 Å². The third-order valence-electron chi connectivity index (χ3n) is 3.59. The highest BCUT2D eigenvalue weighted by molar-refractivity contribution is 4.84. The lowest BCUT2D eigenvalue weighted by atomic mass is 9.90. The Kier molecular flexibility index (Phi) is 7.10. The molecule has 1 rings (SSSR count). The van der Waals surface area contributed by atoms with Crippen LogP contribution >= 0.6 is 0 Å². The fraction of sp³-hybridized carbons (Fsp3) is 1.00. The lowest BCUT2D eigenvalue weighted by molar-refractivity contribution is -0.127. The quantitative estimate of drug-likeness (QED) is 0.750. The minimum Gasteiger partial charge on any atom is -0.395 e. The second kappa shape index (κ2) is 8.07. The molecule has 1 aliphatic rings. The third kappa shape index (κ3) is 7.13. The van der Waals surface area contributed by atoms with Gasteiger partial charge in [0.1, 0.15) is 0 Å². The molecule has 0 spiro atoms. The molecule has 2 atom stereocenters. The number of alkyl halides is 3. The summed E-state index contributed by atoms with van der Waals surface area (Å²) in [5.74, 6) is 0.436. The molecule has 0 saturated carbocycles. The minimum atomic E-state index is -4.15. The predicted molar refractivity (Wildman–Crippen MR) is 69.0 cm³/mol. The number of nitrogens with zero attached hydrogens (tertiary/aromatic N) is 1. The molecule has 0 aromatic carbocycles. The number of halogens is 3. The molecule has 1 saturated heterocycles. The number of unbranched alkanes of at least 4 members (excludes halogenated alkanes) is 1. The van der Waals surface area contributed by atoms with E-state index < -0.39 is 12.7 Å². The van der Waals surface area contributed by atoms with Crippen molar-refractivity contribution in [2.24, 2.45) is 5.92 Å². The van der Waals surface area contributed by atoms with Gasteiger partial charge in [-0.25, -0.2) is 0 Å². The van der Waals surface area contributed by atoms with Gasteiger partial charge in [0.25, 0.3) is 0 Å². The van der Waals surface area contributed by atoms with Crippen LogP contribution in [0.4, 0.5) is 13.2 Å². The summed E-state index contributed by atoms with van der Waals surface area (Å²) in [5, 5.41) is 11.6. The van der Waals surface area contributed by atoms with Crippen molar-refractivity contribution in [3.05, 3.63) is 0 Å². The van der Waals surface area contributed by atoms with Gasteiger partial charge in [-0.1, -0.05) is 19.8 Å². The topological polar surface area (TPSA) is 35.5 Å². The van der Waals surface area contributed by atoms with Crippen LogP contribution in [0.3, 0.4) is 0 Å². The highest BCUT2D eigenvalue weighted by Crippen LogP contribution is 2.23. The molecule has 0 bridgehead atoms. The number of nitrogens with one attached hydrogen (secondary N) is 1. The van der Waals surface area contributed by atoms with Crippen molar-refractivity contribution in [1.29, 1.82) is 0 Å². The van der Waals surface area contributed by atoms with Gasteiger partial charge in [-0.05, 0) is 18.8 Å². The first-order chi connectivity index (χ1) is 8.94. The highest BCUT2D eigenvalue weighted by Gasteiger charge is 2.31. The number of rotatable bonds is 7. The molecule has 0 radical (unpaired) electrons. The van der Waals surface area contributed by atoms with Gasteiger partial charge in [-0.15, -0.1) is 0 Å². The molecule has 1 heterocycles. The van der Waals surface area contributed by atoms with Crippen LogP contribution in [-0.4, -0.2) is 55.0 Å². The van der Waals surface area contributed by atoms with E-state index in [1.807, 2.05) is 0 Å². The molecule has 114 valence electrons. The molecular formula is C13H25F3N2O. The summed E-state index contributed by atoms with van der Waals surface area (Å²) in [6.07, 6.45) is -0.0699. The number of piperidine rings is 1. The average Bonchev–Trinajstić information content (AvgIpc) is 2.33. The molecular weight excluding hydrogens is 257 g/mol. The lowest BCUT2D eigenvalue weighted by Gasteiger charge is -2.38. The number of β-amino-alcohol motifs (C(OH)–C–C–N with tert-alkyl or cyclic N) is 1. The van der Waals surface area contributed by atoms with E-state index in [0.29, 0.717) is 19.0 Å².